The summed E-state index contributed by atoms with van der Waals surface area (Å²) >= 11 is 0. The monoisotopic (exact) mass is 240 g/mol. The van der Waals surface area contributed by atoms with Crippen molar-refractivity contribution in [3.05, 3.63) is 48.0 Å². The maximum atomic E-state index is 11.7. The largest absolute Gasteiger partial charge is 0.466 e. The Morgan fingerprint density at radius 1 is 1.22 bits per heavy atom. The zero-order valence-electron chi connectivity index (χ0n) is 10.4. The molecule has 2 heteroatoms. The van der Waals surface area contributed by atoms with Crippen LogP contribution in [0.15, 0.2) is 42.5 Å². The molecule has 0 N–H and O–H groups in total. The van der Waals surface area contributed by atoms with E-state index in [1.54, 1.807) is 0 Å². The van der Waals surface area contributed by atoms with Gasteiger partial charge >= 0.3 is 5.97 Å². The number of rotatable bonds is 3. The summed E-state index contributed by atoms with van der Waals surface area (Å²) in [6.45, 7) is 2.32. The summed E-state index contributed by atoms with van der Waals surface area (Å²) in [5, 5.41) is 2.50. The van der Waals surface area contributed by atoms with Gasteiger partial charge in [0.25, 0.3) is 0 Å². The number of carbonyl (C=O) groups excluding carboxylic acids is 1. The minimum Gasteiger partial charge on any atom is -0.466 e. The normalized spacial score (nSPS) is 21.8. The van der Waals surface area contributed by atoms with Crippen molar-refractivity contribution in [3.63, 3.8) is 0 Å². The molecular formula is C16H16O2. The first kappa shape index (κ1) is 11.3. The van der Waals surface area contributed by atoms with E-state index in [2.05, 4.69) is 30.3 Å². The highest BCUT2D eigenvalue weighted by Crippen LogP contribution is 2.50. The summed E-state index contributed by atoms with van der Waals surface area (Å²) < 4.78 is 5.09. The lowest BCUT2D eigenvalue weighted by Gasteiger charge is -2.06. The van der Waals surface area contributed by atoms with Crippen LogP contribution >= 0.6 is 0 Å². The number of ether oxygens (including phenoxy) is 1. The van der Waals surface area contributed by atoms with Gasteiger partial charge in [-0.3, -0.25) is 4.79 Å². The summed E-state index contributed by atoms with van der Waals surface area (Å²) in [6.07, 6.45) is 0.923. The van der Waals surface area contributed by atoms with Gasteiger partial charge in [-0.05, 0) is 35.6 Å². The molecule has 1 fully saturated rings. The second-order valence-corrected chi connectivity index (χ2v) is 4.77. The van der Waals surface area contributed by atoms with Crippen LogP contribution in [0.2, 0.25) is 0 Å². The summed E-state index contributed by atoms with van der Waals surface area (Å²) in [5.74, 6) is 0.362. The van der Waals surface area contributed by atoms with E-state index in [9.17, 15) is 4.79 Å². The molecule has 0 spiro atoms. The van der Waals surface area contributed by atoms with Crippen LogP contribution in [0.3, 0.4) is 0 Å². The Kier molecular flexibility index (Phi) is 2.78. The van der Waals surface area contributed by atoms with Crippen LogP contribution in [0.5, 0.6) is 0 Å². The fourth-order valence-corrected chi connectivity index (χ4v) is 2.62. The molecule has 1 saturated carbocycles. The number of benzene rings is 2. The molecule has 0 unspecified atom stereocenters. The second-order valence-electron chi connectivity index (χ2n) is 4.77. The predicted octanol–water partition coefficient (Wildman–Crippen LogP) is 3.51. The van der Waals surface area contributed by atoms with Crippen molar-refractivity contribution >= 4 is 16.7 Å². The van der Waals surface area contributed by atoms with Crippen molar-refractivity contribution in [3.8, 4) is 0 Å². The molecule has 2 aromatic rings. The van der Waals surface area contributed by atoms with Crippen LogP contribution in [-0.4, -0.2) is 12.6 Å². The minimum absolute atomic E-state index is 0.0459. The van der Waals surface area contributed by atoms with Gasteiger partial charge in [0.05, 0.1) is 12.5 Å². The topological polar surface area (TPSA) is 26.3 Å². The Bertz CT molecular complexity index is 583. The van der Waals surface area contributed by atoms with Crippen molar-refractivity contribution in [1.82, 2.24) is 0 Å². The highest BCUT2D eigenvalue weighted by molar-refractivity contribution is 5.88. The van der Waals surface area contributed by atoms with Crippen LogP contribution in [0, 0.1) is 5.92 Å². The Balaban J connectivity index is 1.91. The van der Waals surface area contributed by atoms with Gasteiger partial charge in [-0.25, -0.2) is 0 Å². The first-order valence-electron chi connectivity index (χ1n) is 6.45. The third kappa shape index (κ3) is 1.88. The summed E-state index contributed by atoms with van der Waals surface area (Å²) in [6, 6.07) is 14.6. The molecule has 1 aliphatic carbocycles. The molecule has 2 atom stereocenters. The SMILES string of the molecule is CCOC(=O)[C@H]1C[C@H]1c1cccc2ccccc12. The van der Waals surface area contributed by atoms with Crippen LogP contribution in [0.4, 0.5) is 0 Å². The van der Waals surface area contributed by atoms with Gasteiger partial charge in [-0.1, -0.05) is 42.5 Å². The molecule has 0 heterocycles. The number of esters is 1. The van der Waals surface area contributed by atoms with E-state index in [4.69, 9.17) is 4.74 Å². The molecule has 0 aromatic heterocycles. The number of carbonyl (C=O) groups is 1. The van der Waals surface area contributed by atoms with E-state index in [1.807, 2.05) is 19.1 Å². The molecule has 0 radical (unpaired) electrons. The zero-order chi connectivity index (χ0) is 12.5. The van der Waals surface area contributed by atoms with Crippen molar-refractivity contribution in [1.29, 1.82) is 0 Å². The third-order valence-corrected chi connectivity index (χ3v) is 3.60. The Morgan fingerprint density at radius 3 is 2.83 bits per heavy atom. The molecule has 92 valence electrons. The second kappa shape index (κ2) is 4.45. The highest BCUT2D eigenvalue weighted by Gasteiger charge is 2.45. The van der Waals surface area contributed by atoms with Crippen molar-refractivity contribution in [2.24, 2.45) is 5.92 Å². The number of hydrogen-bond acceptors (Lipinski definition) is 2. The van der Waals surface area contributed by atoms with Gasteiger partial charge < -0.3 is 4.74 Å². The lowest BCUT2D eigenvalue weighted by atomic mass is 10.0. The van der Waals surface area contributed by atoms with Gasteiger partial charge in [0.1, 0.15) is 0 Å². The first-order chi connectivity index (χ1) is 8.81. The molecule has 2 nitrogen and oxygen atoms in total. The third-order valence-electron chi connectivity index (χ3n) is 3.60. The molecule has 3 rings (SSSR count). The van der Waals surface area contributed by atoms with E-state index in [-0.39, 0.29) is 11.9 Å². The van der Waals surface area contributed by atoms with E-state index >= 15 is 0 Å². The van der Waals surface area contributed by atoms with Crippen LogP contribution in [0.25, 0.3) is 10.8 Å². The van der Waals surface area contributed by atoms with E-state index in [0.717, 1.165) is 6.42 Å². The zero-order valence-corrected chi connectivity index (χ0v) is 10.4. The molecule has 1 aliphatic rings. The number of hydrogen-bond donors (Lipinski definition) is 0. The fraction of sp³-hybridized carbons (Fsp3) is 0.312. The Hall–Kier alpha value is -1.83. The smallest absolute Gasteiger partial charge is 0.309 e. The van der Waals surface area contributed by atoms with E-state index in [1.165, 1.54) is 16.3 Å². The molecule has 0 bridgehead atoms. The van der Waals surface area contributed by atoms with Crippen LogP contribution in [-0.2, 0) is 9.53 Å². The van der Waals surface area contributed by atoms with Crippen molar-refractivity contribution in [2.45, 2.75) is 19.3 Å². The average molecular weight is 240 g/mol. The lowest BCUT2D eigenvalue weighted by molar-refractivity contribution is -0.144. The van der Waals surface area contributed by atoms with Gasteiger partial charge in [0.2, 0.25) is 0 Å². The minimum atomic E-state index is -0.0459. The van der Waals surface area contributed by atoms with Gasteiger partial charge in [-0.2, -0.15) is 0 Å². The molecule has 0 amide bonds. The average Bonchev–Trinajstić information content (AvgIpc) is 3.18. The predicted molar refractivity (Wildman–Crippen MR) is 71.4 cm³/mol. The van der Waals surface area contributed by atoms with Crippen molar-refractivity contribution < 1.29 is 9.53 Å². The lowest BCUT2D eigenvalue weighted by Crippen LogP contribution is -2.07. The van der Waals surface area contributed by atoms with E-state index < -0.39 is 0 Å². The Labute approximate surface area is 107 Å². The van der Waals surface area contributed by atoms with Crippen LogP contribution in [0.1, 0.15) is 24.8 Å². The molecule has 0 aliphatic heterocycles. The Morgan fingerprint density at radius 2 is 2.00 bits per heavy atom. The quantitative estimate of drug-likeness (QED) is 0.767. The summed E-state index contributed by atoms with van der Waals surface area (Å²) in [4.78, 5) is 11.7. The molecule has 18 heavy (non-hydrogen) atoms. The van der Waals surface area contributed by atoms with Crippen molar-refractivity contribution in [2.75, 3.05) is 6.61 Å². The van der Waals surface area contributed by atoms with Gasteiger partial charge in [0.15, 0.2) is 0 Å². The summed E-state index contributed by atoms with van der Waals surface area (Å²) in [5.41, 5.74) is 1.28. The molecule has 0 saturated heterocycles. The summed E-state index contributed by atoms with van der Waals surface area (Å²) in [7, 11) is 0. The highest BCUT2D eigenvalue weighted by atomic mass is 16.5. The fourth-order valence-electron chi connectivity index (χ4n) is 2.62. The van der Waals surface area contributed by atoms with E-state index in [0.29, 0.717) is 12.5 Å². The standard InChI is InChI=1S/C16H16O2/c1-2-18-16(17)15-10-14(15)13-9-5-7-11-6-3-4-8-12(11)13/h3-9,14-15H,2,10H2,1H3/t14-,15-/m0/s1. The maximum Gasteiger partial charge on any atom is 0.309 e. The molecule has 2 aromatic carbocycles. The number of fused-ring (bicyclic) bond motifs is 1. The van der Waals surface area contributed by atoms with Crippen LogP contribution < -0.4 is 0 Å². The first-order valence-corrected chi connectivity index (χ1v) is 6.45. The maximum absolute atomic E-state index is 11.7. The van der Waals surface area contributed by atoms with Gasteiger partial charge in [-0.15, -0.1) is 0 Å². The van der Waals surface area contributed by atoms with Gasteiger partial charge in [0, 0.05) is 0 Å². The molecular weight excluding hydrogens is 224 g/mol.